The van der Waals surface area contributed by atoms with E-state index in [2.05, 4.69) is 15.5 Å². The lowest BCUT2D eigenvalue weighted by molar-refractivity contribution is -0.113. The minimum atomic E-state index is -0.360. The number of amides is 1. The first-order valence-electron chi connectivity index (χ1n) is 10.9. The number of hydrogen-bond acceptors (Lipinski definition) is 7. The van der Waals surface area contributed by atoms with E-state index < -0.39 is 0 Å². The number of carbonyl (C=O) groups excluding carboxylic acids is 2. The Balaban J connectivity index is 1.46. The summed E-state index contributed by atoms with van der Waals surface area (Å²) in [6.07, 6.45) is 5.07. The maximum Gasteiger partial charge on any atom is 0.341 e. The third kappa shape index (κ3) is 5.42. The molecule has 0 saturated heterocycles. The van der Waals surface area contributed by atoms with E-state index in [0.717, 1.165) is 43.2 Å². The molecule has 0 bridgehead atoms. The summed E-state index contributed by atoms with van der Waals surface area (Å²) in [4.78, 5) is 26.6. The first-order valence-corrected chi connectivity index (χ1v) is 13.1. The highest BCUT2D eigenvalue weighted by Crippen LogP contribution is 2.38. The van der Waals surface area contributed by atoms with Crippen LogP contribution in [0.15, 0.2) is 29.4 Å². The van der Waals surface area contributed by atoms with E-state index in [0.29, 0.717) is 33.2 Å². The molecule has 4 rings (SSSR count). The fraction of sp³-hybridized carbons (Fsp3) is 0.391. The number of anilines is 1. The molecule has 0 aliphatic heterocycles. The zero-order valence-electron chi connectivity index (χ0n) is 18.5. The standard InChI is InChI=1S/C23H25ClN4O3S2/c1-3-31-22(30)19-16-7-5-4-6-8-17(16)33-21(19)25-18(29)13-32-23-27-26-20(28(23)2)14-9-11-15(24)12-10-14/h9-12H,3-8,13H2,1-2H3,(H,25,29). The number of nitrogens with zero attached hydrogens (tertiary/aromatic N) is 3. The molecule has 1 aliphatic carbocycles. The number of fused-ring (bicyclic) bond motifs is 1. The highest BCUT2D eigenvalue weighted by atomic mass is 35.5. The number of carbonyl (C=O) groups is 2. The van der Waals surface area contributed by atoms with Gasteiger partial charge in [0.05, 0.1) is 17.9 Å². The van der Waals surface area contributed by atoms with Crippen LogP contribution >= 0.6 is 34.7 Å². The van der Waals surface area contributed by atoms with Crippen molar-refractivity contribution >= 4 is 51.6 Å². The normalized spacial score (nSPS) is 13.3. The average Bonchev–Trinajstić information content (AvgIpc) is 3.23. The van der Waals surface area contributed by atoms with Crippen molar-refractivity contribution < 1.29 is 14.3 Å². The number of hydrogen-bond donors (Lipinski definition) is 1. The van der Waals surface area contributed by atoms with Gasteiger partial charge in [-0.3, -0.25) is 4.79 Å². The van der Waals surface area contributed by atoms with Gasteiger partial charge < -0.3 is 14.6 Å². The van der Waals surface area contributed by atoms with Crippen LogP contribution in [0.4, 0.5) is 5.00 Å². The van der Waals surface area contributed by atoms with Gasteiger partial charge >= 0.3 is 5.97 Å². The molecular weight excluding hydrogens is 480 g/mol. The topological polar surface area (TPSA) is 86.1 Å². The van der Waals surface area contributed by atoms with Gasteiger partial charge in [0.25, 0.3) is 0 Å². The lowest BCUT2D eigenvalue weighted by Crippen LogP contribution is -2.17. The van der Waals surface area contributed by atoms with E-state index in [1.165, 1.54) is 28.0 Å². The Bertz CT molecular complexity index is 1160. The molecule has 33 heavy (non-hydrogen) atoms. The number of halogens is 1. The number of benzene rings is 1. The van der Waals surface area contributed by atoms with Crippen LogP contribution in [0.3, 0.4) is 0 Å². The fourth-order valence-electron chi connectivity index (χ4n) is 3.83. The van der Waals surface area contributed by atoms with Gasteiger partial charge in [-0.25, -0.2) is 4.79 Å². The monoisotopic (exact) mass is 504 g/mol. The van der Waals surface area contributed by atoms with Crippen LogP contribution in [-0.4, -0.2) is 39.0 Å². The lowest BCUT2D eigenvalue weighted by Gasteiger charge is -2.08. The van der Waals surface area contributed by atoms with Crippen LogP contribution in [0.1, 0.15) is 47.0 Å². The average molecular weight is 505 g/mol. The molecule has 10 heteroatoms. The number of thioether (sulfide) groups is 1. The quantitative estimate of drug-likeness (QED) is 0.264. The van der Waals surface area contributed by atoms with Crippen molar-refractivity contribution in [2.75, 3.05) is 17.7 Å². The third-order valence-electron chi connectivity index (χ3n) is 5.42. The summed E-state index contributed by atoms with van der Waals surface area (Å²) in [5.41, 5.74) is 2.46. The van der Waals surface area contributed by atoms with Crippen LogP contribution in [0, 0.1) is 0 Å². The predicted molar refractivity (Wildman–Crippen MR) is 132 cm³/mol. The van der Waals surface area contributed by atoms with E-state index in [9.17, 15) is 9.59 Å². The van der Waals surface area contributed by atoms with Crippen LogP contribution in [-0.2, 0) is 29.4 Å². The predicted octanol–water partition coefficient (Wildman–Crippen LogP) is 5.37. The second-order valence-corrected chi connectivity index (χ2v) is 10.2. The molecule has 1 aromatic carbocycles. The molecule has 0 unspecified atom stereocenters. The molecule has 1 amide bonds. The summed E-state index contributed by atoms with van der Waals surface area (Å²) in [5.74, 6) is 0.289. The first-order chi connectivity index (χ1) is 16.0. The van der Waals surface area contributed by atoms with Crippen molar-refractivity contribution in [2.24, 2.45) is 7.05 Å². The maximum atomic E-state index is 12.8. The molecule has 7 nitrogen and oxygen atoms in total. The molecule has 0 atom stereocenters. The Labute approximate surface area is 205 Å². The fourth-order valence-corrected chi connectivity index (χ4v) is 5.96. The van der Waals surface area contributed by atoms with Crippen LogP contribution in [0.2, 0.25) is 5.02 Å². The minimum Gasteiger partial charge on any atom is -0.462 e. The molecule has 174 valence electrons. The lowest BCUT2D eigenvalue weighted by atomic mass is 10.1. The van der Waals surface area contributed by atoms with Crippen molar-refractivity contribution in [1.82, 2.24) is 14.8 Å². The number of nitrogens with one attached hydrogen (secondary N) is 1. The van der Waals surface area contributed by atoms with Gasteiger partial charge in [-0.2, -0.15) is 0 Å². The van der Waals surface area contributed by atoms with Crippen molar-refractivity contribution in [1.29, 1.82) is 0 Å². The molecule has 0 fully saturated rings. The summed E-state index contributed by atoms with van der Waals surface area (Å²) in [7, 11) is 1.86. The van der Waals surface area contributed by atoms with Gasteiger partial charge in [-0.15, -0.1) is 21.5 Å². The van der Waals surface area contributed by atoms with Crippen LogP contribution in [0.5, 0.6) is 0 Å². The van der Waals surface area contributed by atoms with Crippen molar-refractivity contribution in [3.63, 3.8) is 0 Å². The Hall–Kier alpha value is -2.36. The SMILES string of the molecule is CCOC(=O)c1c(NC(=O)CSc2nnc(-c3ccc(Cl)cc3)n2C)sc2c1CCCCC2. The molecule has 3 aromatic rings. The van der Waals surface area contributed by atoms with E-state index in [4.69, 9.17) is 16.3 Å². The van der Waals surface area contributed by atoms with Gasteiger partial charge in [0.1, 0.15) is 5.00 Å². The van der Waals surface area contributed by atoms with Gasteiger partial charge in [0, 0.05) is 22.5 Å². The molecule has 2 aromatic heterocycles. The Kier molecular flexibility index (Phi) is 7.72. The summed E-state index contributed by atoms with van der Waals surface area (Å²) in [6, 6.07) is 7.36. The number of ether oxygens (including phenoxy) is 1. The molecule has 2 heterocycles. The largest absolute Gasteiger partial charge is 0.462 e. The van der Waals surface area contributed by atoms with Crippen molar-refractivity contribution in [3.8, 4) is 11.4 Å². The molecule has 1 N–H and O–H groups in total. The Morgan fingerprint density at radius 1 is 1.18 bits per heavy atom. The zero-order valence-corrected chi connectivity index (χ0v) is 20.9. The number of rotatable bonds is 7. The summed E-state index contributed by atoms with van der Waals surface area (Å²) in [6.45, 7) is 2.09. The van der Waals surface area contributed by atoms with Gasteiger partial charge in [0.2, 0.25) is 5.91 Å². The van der Waals surface area contributed by atoms with Gasteiger partial charge in [-0.05, 0) is 62.4 Å². The molecule has 0 saturated carbocycles. The van der Waals surface area contributed by atoms with Crippen molar-refractivity contribution in [2.45, 2.75) is 44.2 Å². The molecule has 0 spiro atoms. The second kappa shape index (κ2) is 10.7. The van der Waals surface area contributed by atoms with Crippen LogP contribution < -0.4 is 5.32 Å². The maximum absolute atomic E-state index is 12.8. The van der Waals surface area contributed by atoms with Gasteiger partial charge in [-0.1, -0.05) is 29.8 Å². The van der Waals surface area contributed by atoms with E-state index >= 15 is 0 Å². The van der Waals surface area contributed by atoms with E-state index in [1.54, 1.807) is 19.1 Å². The van der Waals surface area contributed by atoms with Crippen LogP contribution in [0.25, 0.3) is 11.4 Å². The molecule has 1 aliphatic rings. The number of aryl methyl sites for hydroxylation is 1. The van der Waals surface area contributed by atoms with E-state index in [1.807, 2.05) is 23.7 Å². The zero-order chi connectivity index (χ0) is 23.4. The summed E-state index contributed by atoms with van der Waals surface area (Å²) in [5, 5.41) is 13.3. The Morgan fingerprint density at radius 3 is 2.70 bits per heavy atom. The van der Waals surface area contributed by atoms with Gasteiger partial charge in [0.15, 0.2) is 11.0 Å². The summed E-state index contributed by atoms with van der Waals surface area (Å²) >= 11 is 8.76. The number of thiophene rings is 1. The number of aromatic nitrogens is 3. The molecule has 0 radical (unpaired) electrons. The highest BCUT2D eigenvalue weighted by molar-refractivity contribution is 7.99. The Morgan fingerprint density at radius 2 is 1.94 bits per heavy atom. The second-order valence-electron chi connectivity index (χ2n) is 7.70. The summed E-state index contributed by atoms with van der Waals surface area (Å²) < 4.78 is 7.14. The third-order valence-corrected chi connectivity index (χ3v) is 7.90. The molecular formula is C23H25ClN4O3S2. The van der Waals surface area contributed by atoms with Crippen molar-refractivity contribution in [3.05, 3.63) is 45.3 Å². The van der Waals surface area contributed by atoms with E-state index in [-0.39, 0.29) is 17.6 Å². The number of esters is 1. The first kappa shape index (κ1) is 23.8. The minimum absolute atomic E-state index is 0.150. The smallest absolute Gasteiger partial charge is 0.341 e. The highest BCUT2D eigenvalue weighted by Gasteiger charge is 2.26.